The molecule has 0 saturated heterocycles. The molecule has 13 heavy (non-hydrogen) atoms. The Morgan fingerprint density at radius 1 is 1.38 bits per heavy atom. The highest BCUT2D eigenvalue weighted by Crippen LogP contribution is 2.26. The fourth-order valence-corrected chi connectivity index (χ4v) is 1.42. The maximum Gasteiger partial charge on any atom is 0.155 e. The molecule has 0 fully saturated rings. The van der Waals surface area contributed by atoms with Crippen molar-refractivity contribution in [2.24, 2.45) is 0 Å². The second-order valence-electron chi connectivity index (χ2n) is 2.46. The van der Waals surface area contributed by atoms with Crippen LogP contribution in [0.5, 0.6) is 0 Å². The van der Waals surface area contributed by atoms with Crippen molar-refractivity contribution < 1.29 is 0 Å². The first-order chi connectivity index (χ1) is 6.27. The third kappa shape index (κ3) is 1.73. The van der Waals surface area contributed by atoms with Crippen LogP contribution in [0.1, 0.15) is 0 Å². The maximum atomic E-state index is 5.92. The van der Waals surface area contributed by atoms with Crippen LogP contribution in [0.4, 0.5) is 0 Å². The molecule has 0 aliphatic rings. The lowest BCUT2D eigenvalue weighted by Crippen LogP contribution is -1.80. The summed E-state index contributed by atoms with van der Waals surface area (Å²) in [5, 5.41) is 7.19. The van der Waals surface area contributed by atoms with Crippen LogP contribution in [0.15, 0.2) is 29.0 Å². The van der Waals surface area contributed by atoms with Gasteiger partial charge in [0.25, 0.3) is 0 Å². The molecule has 0 aliphatic heterocycles. The van der Waals surface area contributed by atoms with Gasteiger partial charge in [0.15, 0.2) is 5.82 Å². The number of H-pyrrole nitrogens is 1. The highest BCUT2D eigenvalue weighted by Gasteiger charge is 2.02. The highest BCUT2D eigenvalue weighted by molar-refractivity contribution is 9.10. The number of nitrogens with one attached hydrogen (secondary N) is 1. The zero-order valence-corrected chi connectivity index (χ0v) is 8.80. The average Bonchev–Trinajstić information content (AvgIpc) is 2.62. The summed E-state index contributed by atoms with van der Waals surface area (Å²) in [5.41, 5.74) is 0.922. The van der Waals surface area contributed by atoms with Crippen molar-refractivity contribution in [2.45, 2.75) is 0 Å². The van der Waals surface area contributed by atoms with Gasteiger partial charge in [-0.25, -0.2) is 4.98 Å². The summed E-state index contributed by atoms with van der Waals surface area (Å²) >= 11 is 9.24. The molecule has 0 saturated carbocycles. The van der Waals surface area contributed by atoms with Crippen molar-refractivity contribution in [2.75, 3.05) is 0 Å². The Hall–Kier alpha value is -0.870. The number of halogens is 2. The van der Waals surface area contributed by atoms with Gasteiger partial charge in [-0.15, -0.1) is 0 Å². The van der Waals surface area contributed by atoms with Crippen molar-refractivity contribution in [1.82, 2.24) is 15.2 Å². The van der Waals surface area contributed by atoms with Gasteiger partial charge in [0.05, 0.1) is 5.02 Å². The van der Waals surface area contributed by atoms with E-state index in [0.29, 0.717) is 5.02 Å². The van der Waals surface area contributed by atoms with E-state index in [9.17, 15) is 0 Å². The fraction of sp³-hybridized carbons (Fsp3) is 0. The van der Waals surface area contributed by atoms with Crippen molar-refractivity contribution in [1.29, 1.82) is 0 Å². The van der Waals surface area contributed by atoms with Crippen LogP contribution in [0, 0.1) is 0 Å². The van der Waals surface area contributed by atoms with E-state index in [2.05, 4.69) is 31.1 Å². The second-order valence-corrected chi connectivity index (χ2v) is 3.72. The molecule has 2 aromatic rings. The van der Waals surface area contributed by atoms with Gasteiger partial charge in [0.1, 0.15) is 6.33 Å². The number of hydrogen-bond donors (Lipinski definition) is 1. The fourth-order valence-electron chi connectivity index (χ4n) is 0.988. The third-order valence-corrected chi connectivity index (χ3v) is 2.84. The third-order valence-electron chi connectivity index (χ3n) is 1.61. The number of nitrogens with zero attached hydrogens (tertiary/aromatic N) is 2. The summed E-state index contributed by atoms with van der Waals surface area (Å²) < 4.78 is 0.873. The van der Waals surface area contributed by atoms with E-state index < -0.39 is 0 Å². The smallest absolute Gasteiger partial charge is 0.155 e. The van der Waals surface area contributed by atoms with E-state index in [1.807, 2.05) is 18.2 Å². The Morgan fingerprint density at radius 3 is 2.85 bits per heavy atom. The lowest BCUT2D eigenvalue weighted by atomic mass is 10.2. The number of aromatic nitrogens is 3. The van der Waals surface area contributed by atoms with Crippen molar-refractivity contribution in [3.05, 3.63) is 34.0 Å². The minimum Gasteiger partial charge on any atom is -0.259 e. The number of aromatic amines is 1. The predicted molar refractivity (Wildman–Crippen MR) is 54.5 cm³/mol. The number of hydrogen-bond acceptors (Lipinski definition) is 2. The molecule has 2 rings (SSSR count). The summed E-state index contributed by atoms with van der Waals surface area (Å²) in [4.78, 5) is 4.02. The molecule has 0 aliphatic carbocycles. The Kier molecular flexibility index (Phi) is 2.33. The van der Waals surface area contributed by atoms with Gasteiger partial charge in [-0.2, -0.15) is 5.10 Å². The van der Waals surface area contributed by atoms with Gasteiger partial charge in [-0.1, -0.05) is 11.6 Å². The van der Waals surface area contributed by atoms with Gasteiger partial charge >= 0.3 is 0 Å². The lowest BCUT2D eigenvalue weighted by Gasteiger charge is -1.98. The summed E-state index contributed by atoms with van der Waals surface area (Å²) in [5.74, 6) is 0.717. The Labute approximate surface area is 88.3 Å². The van der Waals surface area contributed by atoms with E-state index in [1.165, 1.54) is 6.33 Å². The summed E-state index contributed by atoms with van der Waals surface area (Å²) in [6.07, 6.45) is 1.46. The predicted octanol–water partition coefficient (Wildman–Crippen LogP) is 2.89. The topological polar surface area (TPSA) is 41.6 Å². The second kappa shape index (κ2) is 3.47. The van der Waals surface area contributed by atoms with Crippen LogP contribution in [-0.4, -0.2) is 15.2 Å². The minimum atomic E-state index is 0.661. The normalized spacial score (nSPS) is 10.3. The molecule has 0 amide bonds. The SMILES string of the molecule is Clc1cc(-c2ncn[nH]2)ccc1Br. The Morgan fingerprint density at radius 2 is 2.23 bits per heavy atom. The van der Waals surface area contributed by atoms with Gasteiger partial charge in [-0.05, 0) is 34.1 Å². The van der Waals surface area contributed by atoms with Gasteiger partial charge in [0.2, 0.25) is 0 Å². The van der Waals surface area contributed by atoms with Crippen molar-refractivity contribution in [3.63, 3.8) is 0 Å². The van der Waals surface area contributed by atoms with Gasteiger partial charge in [0, 0.05) is 10.0 Å². The van der Waals surface area contributed by atoms with E-state index in [-0.39, 0.29) is 0 Å². The Bertz CT molecular complexity index is 413. The molecule has 0 radical (unpaired) electrons. The largest absolute Gasteiger partial charge is 0.259 e. The summed E-state index contributed by atoms with van der Waals surface area (Å²) in [7, 11) is 0. The van der Waals surface area contributed by atoms with E-state index in [0.717, 1.165) is 15.9 Å². The zero-order valence-electron chi connectivity index (χ0n) is 6.46. The summed E-state index contributed by atoms with van der Waals surface area (Å²) in [6.45, 7) is 0. The molecule has 0 spiro atoms. The minimum absolute atomic E-state index is 0.661. The Balaban J connectivity index is 2.49. The molecule has 5 heteroatoms. The van der Waals surface area contributed by atoms with Crippen molar-refractivity contribution in [3.8, 4) is 11.4 Å². The maximum absolute atomic E-state index is 5.92. The van der Waals surface area contributed by atoms with Crippen LogP contribution < -0.4 is 0 Å². The standard InChI is InChI=1S/C8H5BrClN3/c9-6-2-1-5(3-7(6)10)8-11-4-12-13-8/h1-4H,(H,11,12,13). The van der Waals surface area contributed by atoms with Gasteiger partial charge < -0.3 is 0 Å². The summed E-state index contributed by atoms with van der Waals surface area (Å²) in [6, 6.07) is 5.61. The lowest BCUT2D eigenvalue weighted by molar-refractivity contribution is 1.10. The molecule has 1 aromatic heterocycles. The molecule has 1 N–H and O–H groups in total. The average molecular weight is 259 g/mol. The van der Waals surface area contributed by atoms with E-state index in [4.69, 9.17) is 11.6 Å². The van der Waals surface area contributed by atoms with Crippen LogP contribution in [-0.2, 0) is 0 Å². The molecular weight excluding hydrogens is 253 g/mol. The first-order valence-corrected chi connectivity index (χ1v) is 4.75. The number of benzene rings is 1. The van der Waals surface area contributed by atoms with E-state index >= 15 is 0 Å². The van der Waals surface area contributed by atoms with Crippen LogP contribution in [0.25, 0.3) is 11.4 Å². The molecule has 0 atom stereocenters. The first kappa shape index (κ1) is 8.72. The first-order valence-electron chi connectivity index (χ1n) is 3.58. The molecular formula is C8H5BrClN3. The molecule has 66 valence electrons. The highest BCUT2D eigenvalue weighted by atomic mass is 79.9. The zero-order chi connectivity index (χ0) is 9.26. The quantitative estimate of drug-likeness (QED) is 0.854. The van der Waals surface area contributed by atoms with Crippen LogP contribution in [0.2, 0.25) is 5.02 Å². The molecule has 3 nitrogen and oxygen atoms in total. The van der Waals surface area contributed by atoms with Crippen molar-refractivity contribution >= 4 is 27.5 Å². The van der Waals surface area contributed by atoms with E-state index in [1.54, 1.807) is 0 Å². The number of rotatable bonds is 1. The monoisotopic (exact) mass is 257 g/mol. The molecule has 1 aromatic carbocycles. The van der Waals surface area contributed by atoms with Gasteiger partial charge in [-0.3, -0.25) is 5.10 Å². The molecule has 1 heterocycles. The van der Waals surface area contributed by atoms with Crippen LogP contribution >= 0.6 is 27.5 Å². The molecule has 0 bridgehead atoms. The van der Waals surface area contributed by atoms with Crippen LogP contribution in [0.3, 0.4) is 0 Å². The molecule has 0 unspecified atom stereocenters.